The first-order valence-electron chi connectivity index (χ1n) is 6.27. The third-order valence-electron chi connectivity index (χ3n) is 3.29. The van der Waals surface area contributed by atoms with Crippen molar-refractivity contribution in [1.29, 1.82) is 0 Å². The normalized spacial score (nSPS) is 24.2. The Kier molecular flexibility index (Phi) is 3.62. The van der Waals surface area contributed by atoms with E-state index >= 15 is 0 Å². The molecule has 1 aliphatic heterocycles. The maximum atomic E-state index is 6.11. The van der Waals surface area contributed by atoms with Crippen LogP contribution in [0.3, 0.4) is 0 Å². The van der Waals surface area contributed by atoms with Crippen LogP contribution >= 0.6 is 11.6 Å². The van der Waals surface area contributed by atoms with Crippen LogP contribution in [0.1, 0.15) is 34.1 Å². The van der Waals surface area contributed by atoms with Gasteiger partial charge in [0.2, 0.25) is 0 Å². The molecule has 1 atom stereocenters. The van der Waals surface area contributed by atoms with E-state index in [1.54, 1.807) is 0 Å². The Bertz CT molecular complexity index is 477. The number of methoxy groups -OCH3 is 1. The maximum absolute atomic E-state index is 6.11. The van der Waals surface area contributed by atoms with Gasteiger partial charge in [-0.05, 0) is 34.1 Å². The Morgan fingerprint density at radius 2 is 2.11 bits per heavy atom. The highest BCUT2D eigenvalue weighted by Gasteiger charge is 2.46. The molecule has 1 unspecified atom stereocenters. The molecule has 0 aromatic carbocycles. The van der Waals surface area contributed by atoms with Crippen LogP contribution in [0.2, 0.25) is 5.02 Å². The molecule has 1 aliphatic rings. The van der Waals surface area contributed by atoms with Gasteiger partial charge >= 0.3 is 6.01 Å². The predicted octanol–water partition coefficient (Wildman–Crippen LogP) is 2.90. The standard InChI is InChI=1S/C13H20ClN3O2/c1-12(2)6-9(13(3,4)19-12)16-10-8(14)7-15-11(17-10)18-5/h7,9H,6H2,1-5H3,(H,15,16,17). The minimum Gasteiger partial charge on any atom is -0.467 e. The van der Waals surface area contributed by atoms with Gasteiger partial charge in [0, 0.05) is 0 Å². The third-order valence-corrected chi connectivity index (χ3v) is 3.57. The Morgan fingerprint density at radius 1 is 1.42 bits per heavy atom. The second-order valence-electron chi connectivity index (χ2n) is 5.92. The first-order valence-corrected chi connectivity index (χ1v) is 6.64. The van der Waals surface area contributed by atoms with E-state index < -0.39 is 0 Å². The molecule has 2 rings (SSSR count). The fourth-order valence-corrected chi connectivity index (χ4v) is 2.65. The van der Waals surface area contributed by atoms with Gasteiger partial charge in [-0.2, -0.15) is 4.98 Å². The zero-order valence-corrected chi connectivity index (χ0v) is 12.7. The highest BCUT2D eigenvalue weighted by Crippen LogP contribution is 2.39. The van der Waals surface area contributed by atoms with Gasteiger partial charge in [0.05, 0.1) is 30.6 Å². The Morgan fingerprint density at radius 3 is 2.63 bits per heavy atom. The summed E-state index contributed by atoms with van der Waals surface area (Å²) in [7, 11) is 1.53. The van der Waals surface area contributed by atoms with E-state index in [9.17, 15) is 0 Å². The first kappa shape index (κ1) is 14.3. The van der Waals surface area contributed by atoms with E-state index in [2.05, 4.69) is 43.0 Å². The zero-order chi connectivity index (χ0) is 14.3. The lowest BCUT2D eigenvalue weighted by Gasteiger charge is -2.28. The molecule has 1 fully saturated rings. The first-order chi connectivity index (χ1) is 8.73. The SMILES string of the molecule is COc1ncc(Cl)c(NC2CC(C)(C)OC2(C)C)n1. The average Bonchev–Trinajstić information content (AvgIpc) is 2.49. The van der Waals surface area contributed by atoms with Crippen LogP contribution in [0.15, 0.2) is 6.20 Å². The van der Waals surface area contributed by atoms with E-state index in [1.165, 1.54) is 13.3 Å². The van der Waals surface area contributed by atoms with E-state index in [-0.39, 0.29) is 17.2 Å². The van der Waals surface area contributed by atoms with E-state index in [0.717, 1.165) is 6.42 Å². The van der Waals surface area contributed by atoms with Crippen molar-refractivity contribution in [1.82, 2.24) is 9.97 Å². The van der Waals surface area contributed by atoms with Crippen molar-refractivity contribution in [2.45, 2.75) is 51.4 Å². The monoisotopic (exact) mass is 285 g/mol. The van der Waals surface area contributed by atoms with Gasteiger partial charge in [0.1, 0.15) is 5.02 Å². The van der Waals surface area contributed by atoms with Crippen LogP contribution in [0, 0.1) is 0 Å². The molecule has 1 aromatic rings. The van der Waals surface area contributed by atoms with E-state index in [1.807, 2.05) is 0 Å². The molecule has 2 heterocycles. The lowest BCUT2D eigenvalue weighted by molar-refractivity contribution is -0.0662. The van der Waals surface area contributed by atoms with Gasteiger partial charge in [-0.25, -0.2) is 4.98 Å². The highest BCUT2D eigenvalue weighted by molar-refractivity contribution is 6.32. The summed E-state index contributed by atoms with van der Waals surface area (Å²) in [4.78, 5) is 8.20. The number of halogens is 1. The summed E-state index contributed by atoms with van der Waals surface area (Å²) in [5.74, 6) is 0.577. The fraction of sp³-hybridized carbons (Fsp3) is 0.692. The summed E-state index contributed by atoms with van der Waals surface area (Å²) in [5.41, 5.74) is -0.449. The largest absolute Gasteiger partial charge is 0.467 e. The van der Waals surface area contributed by atoms with Crippen molar-refractivity contribution in [3.63, 3.8) is 0 Å². The number of hydrogen-bond donors (Lipinski definition) is 1. The smallest absolute Gasteiger partial charge is 0.318 e. The number of nitrogens with zero attached hydrogens (tertiary/aromatic N) is 2. The minimum atomic E-state index is -0.287. The predicted molar refractivity (Wildman–Crippen MR) is 74.9 cm³/mol. The molecule has 1 aromatic heterocycles. The molecule has 19 heavy (non-hydrogen) atoms. The van der Waals surface area contributed by atoms with Crippen molar-refractivity contribution >= 4 is 17.4 Å². The average molecular weight is 286 g/mol. The Labute approximate surface area is 118 Å². The summed E-state index contributed by atoms with van der Waals surface area (Å²) in [5, 5.41) is 3.82. The van der Waals surface area contributed by atoms with Crippen molar-refractivity contribution in [2.75, 3.05) is 12.4 Å². The lowest BCUT2D eigenvalue weighted by Crippen LogP contribution is -2.38. The van der Waals surface area contributed by atoms with Crippen LogP contribution in [-0.2, 0) is 4.74 Å². The van der Waals surface area contributed by atoms with Gasteiger partial charge in [-0.1, -0.05) is 11.6 Å². The van der Waals surface area contributed by atoms with Crippen LogP contribution in [0.25, 0.3) is 0 Å². The summed E-state index contributed by atoms with van der Waals surface area (Å²) >= 11 is 6.11. The van der Waals surface area contributed by atoms with Crippen molar-refractivity contribution in [3.8, 4) is 6.01 Å². The molecule has 0 amide bonds. The summed E-state index contributed by atoms with van der Waals surface area (Å²) in [6.45, 7) is 8.29. The number of hydrogen-bond acceptors (Lipinski definition) is 5. The van der Waals surface area contributed by atoms with Crippen molar-refractivity contribution < 1.29 is 9.47 Å². The van der Waals surface area contributed by atoms with Crippen LogP contribution in [0.4, 0.5) is 5.82 Å². The Hall–Kier alpha value is -1.07. The summed E-state index contributed by atoms with van der Waals surface area (Å²) in [6.07, 6.45) is 2.41. The quantitative estimate of drug-likeness (QED) is 0.925. The number of rotatable bonds is 3. The van der Waals surface area contributed by atoms with Crippen LogP contribution < -0.4 is 10.1 Å². The van der Waals surface area contributed by atoms with Crippen molar-refractivity contribution in [2.24, 2.45) is 0 Å². The lowest BCUT2D eigenvalue weighted by atomic mass is 9.94. The molecule has 1 saturated heterocycles. The van der Waals surface area contributed by atoms with Gasteiger partial charge in [-0.3, -0.25) is 0 Å². The fourth-order valence-electron chi connectivity index (χ4n) is 2.50. The zero-order valence-electron chi connectivity index (χ0n) is 12.0. The third kappa shape index (κ3) is 3.09. The van der Waals surface area contributed by atoms with Crippen molar-refractivity contribution in [3.05, 3.63) is 11.2 Å². The number of aromatic nitrogens is 2. The van der Waals surface area contributed by atoms with Gasteiger partial charge in [-0.15, -0.1) is 0 Å². The molecule has 106 valence electrons. The molecule has 1 N–H and O–H groups in total. The number of anilines is 1. The molecule has 0 radical (unpaired) electrons. The number of ether oxygens (including phenoxy) is 2. The Balaban J connectivity index is 2.22. The van der Waals surface area contributed by atoms with E-state index in [4.69, 9.17) is 21.1 Å². The van der Waals surface area contributed by atoms with Gasteiger partial charge in [0.25, 0.3) is 0 Å². The minimum absolute atomic E-state index is 0.125. The molecule has 0 aliphatic carbocycles. The highest BCUT2D eigenvalue weighted by atomic mass is 35.5. The van der Waals surface area contributed by atoms with Gasteiger partial charge < -0.3 is 14.8 Å². The maximum Gasteiger partial charge on any atom is 0.318 e. The topological polar surface area (TPSA) is 56.3 Å². The number of nitrogens with one attached hydrogen (secondary N) is 1. The van der Waals surface area contributed by atoms with E-state index in [0.29, 0.717) is 16.9 Å². The van der Waals surface area contributed by atoms with Crippen LogP contribution in [0.5, 0.6) is 6.01 Å². The van der Waals surface area contributed by atoms with Gasteiger partial charge in [0.15, 0.2) is 5.82 Å². The summed E-state index contributed by atoms with van der Waals surface area (Å²) in [6, 6.07) is 0.419. The second-order valence-corrected chi connectivity index (χ2v) is 6.33. The van der Waals surface area contributed by atoms with Crippen LogP contribution in [-0.4, -0.2) is 34.3 Å². The second kappa shape index (κ2) is 4.80. The molecule has 5 nitrogen and oxygen atoms in total. The molecule has 0 saturated carbocycles. The molecule has 0 bridgehead atoms. The molecule has 0 spiro atoms. The molecular weight excluding hydrogens is 266 g/mol. The molecular formula is C13H20ClN3O2. The summed E-state index contributed by atoms with van der Waals surface area (Å²) < 4.78 is 11.1. The molecule has 6 heteroatoms.